The van der Waals surface area contributed by atoms with Crippen LogP contribution < -0.4 is 33.2 Å². The van der Waals surface area contributed by atoms with Crippen LogP contribution in [-0.2, 0) is 38.1 Å². The first-order valence-corrected chi connectivity index (χ1v) is 13.3. The molecule has 0 bridgehead atoms. The number of hydrogen-bond acceptors (Lipinski definition) is 11. The molecule has 0 unspecified atom stereocenters. The summed E-state index contributed by atoms with van der Waals surface area (Å²) in [7, 11) is 0. The van der Waals surface area contributed by atoms with E-state index in [9.17, 15) is 14.4 Å². The maximum atomic E-state index is 12.1. The number of carbonyl (C=O) groups is 3. The van der Waals surface area contributed by atoms with Crippen LogP contribution in [0.4, 0.5) is 0 Å². The van der Waals surface area contributed by atoms with Crippen molar-refractivity contribution in [1.82, 2.24) is 16.0 Å². The molecule has 0 aromatic carbocycles. The van der Waals surface area contributed by atoms with Gasteiger partial charge in [-0.2, -0.15) is 0 Å². The van der Waals surface area contributed by atoms with Gasteiger partial charge in [0.2, 0.25) is 17.7 Å². The second-order valence-electron chi connectivity index (χ2n) is 8.70. The van der Waals surface area contributed by atoms with Gasteiger partial charge in [0.15, 0.2) is 0 Å². The van der Waals surface area contributed by atoms with E-state index in [0.717, 1.165) is 0 Å². The summed E-state index contributed by atoms with van der Waals surface area (Å²) in [5.41, 5.74) is 15.6. The second-order valence-corrected chi connectivity index (χ2v) is 8.70. The zero-order valence-corrected chi connectivity index (χ0v) is 23.2. The van der Waals surface area contributed by atoms with E-state index in [0.29, 0.717) is 52.9 Å². The summed E-state index contributed by atoms with van der Waals surface area (Å²) in [6, 6.07) is 0. The summed E-state index contributed by atoms with van der Waals surface area (Å²) in [4.78, 5) is 36.3. The van der Waals surface area contributed by atoms with Crippen LogP contribution in [0.2, 0.25) is 0 Å². The minimum atomic E-state index is -0.821. The predicted octanol–water partition coefficient (Wildman–Crippen LogP) is -2.36. The molecule has 0 radical (unpaired) electrons. The summed E-state index contributed by atoms with van der Waals surface area (Å²) in [6.07, 6.45) is 2.15. The summed E-state index contributed by atoms with van der Waals surface area (Å²) >= 11 is 0. The molecule has 0 saturated carbocycles. The normalized spacial score (nSPS) is 11.3. The monoisotopic (exact) mass is 562 g/mol. The highest BCUT2D eigenvalue weighted by Gasteiger charge is 2.32. The van der Waals surface area contributed by atoms with Gasteiger partial charge < -0.3 is 56.8 Å². The quantitative estimate of drug-likeness (QED) is 0.0438. The van der Waals surface area contributed by atoms with Gasteiger partial charge in [-0.05, 0) is 0 Å². The third kappa shape index (κ3) is 22.4. The van der Waals surface area contributed by atoms with Crippen molar-refractivity contribution in [3.05, 3.63) is 12.7 Å². The van der Waals surface area contributed by atoms with Crippen molar-refractivity contribution < 1.29 is 38.1 Å². The molecule has 0 fully saturated rings. The Morgan fingerprint density at radius 2 is 0.923 bits per heavy atom. The van der Waals surface area contributed by atoms with E-state index in [4.69, 9.17) is 40.9 Å². The Morgan fingerprint density at radius 3 is 1.26 bits per heavy atom. The number of hydrogen-bond donors (Lipinski definition) is 6. The summed E-state index contributed by atoms with van der Waals surface area (Å²) in [5, 5.41) is 8.46. The third-order valence-corrected chi connectivity index (χ3v) is 5.23. The molecule has 3 amide bonds. The zero-order valence-electron chi connectivity index (χ0n) is 23.2. The van der Waals surface area contributed by atoms with Crippen molar-refractivity contribution in [2.75, 3.05) is 105 Å². The molecule has 14 heteroatoms. The van der Waals surface area contributed by atoms with Gasteiger partial charge in [0, 0.05) is 63.9 Å². The first-order valence-electron chi connectivity index (χ1n) is 13.3. The van der Waals surface area contributed by atoms with E-state index < -0.39 is 5.41 Å². The highest BCUT2D eigenvalue weighted by atomic mass is 16.6. The topological polar surface area (TPSA) is 212 Å². The molecule has 39 heavy (non-hydrogen) atoms. The van der Waals surface area contributed by atoms with Gasteiger partial charge in [-0.25, -0.2) is 0 Å². The fourth-order valence-corrected chi connectivity index (χ4v) is 3.09. The lowest BCUT2D eigenvalue weighted by molar-refractivity contribution is -0.122. The molecular weight excluding hydrogens is 512 g/mol. The molecule has 0 spiro atoms. The van der Waals surface area contributed by atoms with Gasteiger partial charge >= 0.3 is 0 Å². The first-order chi connectivity index (χ1) is 18.9. The lowest BCUT2D eigenvalue weighted by atomic mass is 9.88. The Hall–Kier alpha value is -2.17. The molecule has 228 valence electrons. The Balaban J connectivity index is 4.59. The number of amides is 3. The number of rotatable bonds is 28. The number of nitrogens with two attached hydrogens (primary N) is 3. The number of ether oxygens (including phenoxy) is 5. The van der Waals surface area contributed by atoms with Gasteiger partial charge in [0.05, 0.1) is 66.1 Å². The smallest absolute Gasteiger partial charge is 0.221 e. The van der Waals surface area contributed by atoms with Crippen molar-refractivity contribution >= 4 is 17.7 Å². The molecular formula is C25H50N6O8. The van der Waals surface area contributed by atoms with E-state index in [1.54, 1.807) is 6.08 Å². The van der Waals surface area contributed by atoms with Crippen LogP contribution >= 0.6 is 0 Å². The molecule has 0 aliphatic heterocycles. The van der Waals surface area contributed by atoms with Gasteiger partial charge in [-0.3, -0.25) is 14.4 Å². The van der Waals surface area contributed by atoms with Crippen LogP contribution in [0.5, 0.6) is 0 Å². The van der Waals surface area contributed by atoms with Gasteiger partial charge in [-0.1, -0.05) is 6.08 Å². The minimum absolute atomic E-state index is 0.134. The fourth-order valence-electron chi connectivity index (χ4n) is 3.09. The Labute approximate surface area is 232 Å². The lowest BCUT2D eigenvalue weighted by Crippen LogP contribution is -2.54. The largest absolute Gasteiger partial charge is 0.378 e. The summed E-state index contributed by atoms with van der Waals surface area (Å²) in [6.45, 7) is 8.56. The van der Waals surface area contributed by atoms with E-state index in [1.807, 2.05) is 0 Å². The van der Waals surface area contributed by atoms with Gasteiger partial charge in [0.25, 0.3) is 0 Å². The molecule has 0 rings (SSSR count). The predicted molar refractivity (Wildman–Crippen MR) is 147 cm³/mol. The maximum absolute atomic E-state index is 12.1. The van der Waals surface area contributed by atoms with Crippen LogP contribution in [0.1, 0.15) is 19.3 Å². The van der Waals surface area contributed by atoms with E-state index in [-0.39, 0.29) is 89.5 Å². The molecule has 9 N–H and O–H groups in total. The molecule has 0 saturated heterocycles. The van der Waals surface area contributed by atoms with Crippen molar-refractivity contribution in [2.24, 2.45) is 22.6 Å². The lowest BCUT2D eigenvalue weighted by Gasteiger charge is -2.34. The van der Waals surface area contributed by atoms with Crippen LogP contribution in [0.15, 0.2) is 12.7 Å². The highest BCUT2D eigenvalue weighted by molar-refractivity contribution is 5.77. The van der Waals surface area contributed by atoms with Crippen molar-refractivity contribution in [3.8, 4) is 0 Å². The SMILES string of the molecule is C=CCOCCOCCOCCOCCOCC(CNC(=O)CCN)(CNC(=O)CCN)CNC(=O)CCN. The average molecular weight is 563 g/mol. The fraction of sp³-hybridized carbons (Fsp3) is 0.800. The van der Waals surface area contributed by atoms with Gasteiger partial charge in [-0.15, -0.1) is 6.58 Å². The van der Waals surface area contributed by atoms with Crippen LogP contribution in [0.3, 0.4) is 0 Å². The third-order valence-electron chi connectivity index (χ3n) is 5.23. The number of nitrogens with one attached hydrogen (secondary N) is 3. The highest BCUT2D eigenvalue weighted by Crippen LogP contribution is 2.16. The molecule has 14 nitrogen and oxygen atoms in total. The molecule has 0 aliphatic rings. The van der Waals surface area contributed by atoms with Crippen molar-refractivity contribution in [3.63, 3.8) is 0 Å². The molecule has 0 aromatic rings. The molecule has 0 atom stereocenters. The van der Waals surface area contributed by atoms with E-state index in [1.165, 1.54) is 0 Å². The molecule has 0 aromatic heterocycles. The maximum Gasteiger partial charge on any atom is 0.221 e. The van der Waals surface area contributed by atoms with Crippen LogP contribution in [-0.4, -0.2) is 123 Å². The summed E-state index contributed by atoms with van der Waals surface area (Å²) < 4.78 is 27.4. The van der Waals surface area contributed by atoms with Crippen molar-refractivity contribution in [1.29, 1.82) is 0 Å². The van der Waals surface area contributed by atoms with Crippen LogP contribution in [0, 0.1) is 5.41 Å². The summed E-state index contributed by atoms with van der Waals surface area (Å²) in [5.74, 6) is -0.713. The van der Waals surface area contributed by atoms with E-state index >= 15 is 0 Å². The van der Waals surface area contributed by atoms with Crippen molar-refractivity contribution in [2.45, 2.75) is 19.3 Å². The Kier molecular flexibility index (Phi) is 24.6. The molecule has 0 aliphatic carbocycles. The van der Waals surface area contributed by atoms with E-state index in [2.05, 4.69) is 22.5 Å². The molecule has 0 heterocycles. The Morgan fingerprint density at radius 1 is 0.590 bits per heavy atom. The second kappa shape index (κ2) is 26.1. The minimum Gasteiger partial charge on any atom is -0.378 e. The van der Waals surface area contributed by atoms with Gasteiger partial charge in [0.1, 0.15) is 0 Å². The first kappa shape index (κ1) is 36.8. The zero-order chi connectivity index (χ0) is 29.0. The Bertz CT molecular complexity index is 601. The van der Waals surface area contributed by atoms with Crippen LogP contribution in [0.25, 0.3) is 0 Å². The standard InChI is InChI=1S/C25H50N6O8/c1-2-9-35-10-11-36-12-13-37-14-15-38-16-17-39-21-25(18-29-22(32)3-6-26,19-30-23(33)4-7-27)20-31-24(34)5-8-28/h2H,1,3-21,26-28H2,(H,29,32)(H,30,33)(H,31,34). The average Bonchev–Trinajstić information content (AvgIpc) is 2.92. The number of carbonyl (C=O) groups excluding carboxylic acids is 3.